The molecule has 0 saturated carbocycles. The first kappa shape index (κ1) is 17.4. The monoisotopic (exact) mass is 260 g/mol. The SMILES string of the molecule is CCCCOCCOCCOC(=O)[C@@H](C)CCC. The second kappa shape index (κ2) is 12.8. The molecule has 0 heterocycles. The van der Waals surface area contributed by atoms with Crippen LogP contribution in [-0.4, -0.2) is 39.0 Å². The Morgan fingerprint density at radius 2 is 1.56 bits per heavy atom. The van der Waals surface area contributed by atoms with E-state index in [2.05, 4.69) is 13.8 Å². The van der Waals surface area contributed by atoms with E-state index in [1.54, 1.807) is 0 Å². The maximum atomic E-state index is 11.4. The van der Waals surface area contributed by atoms with Gasteiger partial charge in [0.25, 0.3) is 0 Å². The highest BCUT2D eigenvalue weighted by atomic mass is 16.6. The first-order chi connectivity index (χ1) is 8.72. The van der Waals surface area contributed by atoms with Crippen LogP contribution in [0.3, 0.4) is 0 Å². The molecule has 0 saturated heterocycles. The second-order valence-corrected chi connectivity index (χ2v) is 4.44. The standard InChI is InChI=1S/C14H28O4/c1-4-6-8-16-9-10-17-11-12-18-14(15)13(3)7-5-2/h13H,4-12H2,1-3H3/t13-/m0/s1. The van der Waals surface area contributed by atoms with Crippen molar-refractivity contribution in [3.63, 3.8) is 0 Å². The van der Waals surface area contributed by atoms with E-state index in [-0.39, 0.29) is 11.9 Å². The molecule has 0 spiro atoms. The van der Waals surface area contributed by atoms with Crippen LogP contribution in [0.5, 0.6) is 0 Å². The highest BCUT2D eigenvalue weighted by Crippen LogP contribution is 2.06. The van der Waals surface area contributed by atoms with E-state index in [1.165, 1.54) is 0 Å². The van der Waals surface area contributed by atoms with Crippen LogP contribution in [0, 0.1) is 5.92 Å². The molecule has 0 aliphatic heterocycles. The molecule has 0 aromatic rings. The molecule has 1 atom stereocenters. The minimum Gasteiger partial charge on any atom is -0.463 e. The van der Waals surface area contributed by atoms with Crippen molar-refractivity contribution in [3.8, 4) is 0 Å². The first-order valence-corrected chi connectivity index (χ1v) is 7.04. The van der Waals surface area contributed by atoms with Gasteiger partial charge in [-0.05, 0) is 12.8 Å². The molecule has 4 heteroatoms. The maximum Gasteiger partial charge on any atom is 0.308 e. The first-order valence-electron chi connectivity index (χ1n) is 7.04. The summed E-state index contributed by atoms with van der Waals surface area (Å²) in [6.07, 6.45) is 4.12. The lowest BCUT2D eigenvalue weighted by molar-refractivity contribution is -0.149. The number of ether oxygens (including phenoxy) is 3. The molecule has 18 heavy (non-hydrogen) atoms. The average Bonchev–Trinajstić information content (AvgIpc) is 2.36. The molecule has 0 aromatic carbocycles. The quantitative estimate of drug-likeness (QED) is 0.400. The van der Waals surface area contributed by atoms with Crippen molar-refractivity contribution in [2.45, 2.75) is 46.5 Å². The Morgan fingerprint density at radius 3 is 2.17 bits per heavy atom. The van der Waals surface area contributed by atoms with E-state index in [0.29, 0.717) is 26.4 Å². The van der Waals surface area contributed by atoms with Crippen molar-refractivity contribution < 1.29 is 19.0 Å². The predicted octanol–water partition coefficient (Wildman–Crippen LogP) is 2.80. The Bertz CT molecular complexity index is 194. The number of hydrogen-bond acceptors (Lipinski definition) is 4. The summed E-state index contributed by atoms with van der Waals surface area (Å²) in [5.41, 5.74) is 0. The Hall–Kier alpha value is -0.610. The van der Waals surface area contributed by atoms with Crippen LogP contribution in [0.2, 0.25) is 0 Å². The Morgan fingerprint density at radius 1 is 0.944 bits per heavy atom. The topological polar surface area (TPSA) is 44.8 Å². The molecule has 4 nitrogen and oxygen atoms in total. The Labute approximate surface area is 111 Å². The third-order valence-electron chi connectivity index (χ3n) is 2.61. The molecule has 0 N–H and O–H groups in total. The molecule has 0 aliphatic carbocycles. The third kappa shape index (κ3) is 10.5. The second-order valence-electron chi connectivity index (χ2n) is 4.44. The summed E-state index contributed by atoms with van der Waals surface area (Å²) in [5, 5.41) is 0. The van der Waals surface area contributed by atoms with Crippen LogP contribution < -0.4 is 0 Å². The van der Waals surface area contributed by atoms with Crippen LogP contribution in [0.4, 0.5) is 0 Å². The molecule has 0 fully saturated rings. The minimum absolute atomic E-state index is 0.00706. The van der Waals surface area contributed by atoms with E-state index in [0.717, 1.165) is 32.3 Å². The van der Waals surface area contributed by atoms with E-state index in [9.17, 15) is 4.79 Å². The van der Waals surface area contributed by atoms with Crippen molar-refractivity contribution in [2.24, 2.45) is 5.92 Å². The van der Waals surface area contributed by atoms with E-state index in [4.69, 9.17) is 14.2 Å². The van der Waals surface area contributed by atoms with Crippen LogP contribution in [-0.2, 0) is 19.0 Å². The zero-order valence-corrected chi connectivity index (χ0v) is 12.1. The zero-order valence-electron chi connectivity index (χ0n) is 12.1. The van der Waals surface area contributed by atoms with Gasteiger partial charge in [0.15, 0.2) is 0 Å². The third-order valence-corrected chi connectivity index (χ3v) is 2.61. The smallest absolute Gasteiger partial charge is 0.308 e. The molecule has 0 rings (SSSR count). The summed E-state index contributed by atoms with van der Waals surface area (Å²) >= 11 is 0. The number of esters is 1. The number of carbonyl (C=O) groups excluding carboxylic acids is 1. The molecule has 0 amide bonds. The highest BCUT2D eigenvalue weighted by molar-refractivity contribution is 5.71. The number of carbonyl (C=O) groups is 1. The van der Waals surface area contributed by atoms with Crippen molar-refractivity contribution in [2.75, 3.05) is 33.0 Å². The van der Waals surface area contributed by atoms with Crippen LogP contribution in [0.15, 0.2) is 0 Å². The summed E-state index contributed by atoms with van der Waals surface area (Å²) in [6.45, 7) is 8.84. The molecule has 0 bridgehead atoms. The summed E-state index contributed by atoms with van der Waals surface area (Å²) in [7, 11) is 0. The molecule has 0 aliphatic rings. The minimum atomic E-state index is -0.125. The van der Waals surface area contributed by atoms with Crippen molar-refractivity contribution in [3.05, 3.63) is 0 Å². The zero-order chi connectivity index (χ0) is 13.6. The van der Waals surface area contributed by atoms with Crippen LogP contribution in [0.1, 0.15) is 46.5 Å². The molecule has 0 aromatic heterocycles. The van der Waals surface area contributed by atoms with Gasteiger partial charge >= 0.3 is 5.97 Å². The Kier molecular flexibility index (Phi) is 12.4. The molecule has 0 radical (unpaired) electrons. The Balaban J connectivity index is 3.22. The van der Waals surface area contributed by atoms with Gasteiger partial charge in [0.2, 0.25) is 0 Å². The van der Waals surface area contributed by atoms with Gasteiger partial charge < -0.3 is 14.2 Å². The average molecular weight is 260 g/mol. The number of rotatable bonds is 12. The lowest BCUT2D eigenvalue weighted by atomic mass is 10.1. The van der Waals surface area contributed by atoms with Gasteiger partial charge in [0.05, 0.1) is 25.7 Å². The van der Waals surface area contributed by atoms with Gasteiger partial charge in [0.1, 0.15) is 6.61 Å². The fraction of sp³-hybridized carbons (Fsp3) is 0.929. The number of hydrogen-bond donors (Lipinski definition) is 0. The van der Waals surface area contributed by atoms with Crippen molar-refractivity contribution in [1.29, 1.82) is 0 Å². The molecule has 108 valence electrons. The molecule has 0 unspecified atom stereocenters. The molecular weight excluding hydrogens is 232 g/mol. The fourth-order valence-electron chi connectivity index (χ4n) is 1.46. The lowest BCUT2D eigenvalue weighted by Crippen LogP contribution is -2.18. The predicted molar refractivity (Wildman–Crippen MR) is 71.6 cm³/mol. The molecular formula is C14H28O4. The number of unbranched alkanes of at least 4 members (excludes halogenated alkanes) is 1. The summed E-state index contributed by atoms with van der Waals surface area (Å²) in [5.74, 6) is -0.132. The van der Waals surface area contributed by atoms with Gasteiger partial charge in [-0.3, -0.25) is 4.79 Å². The van der Waals surface area contributed by atoms with E-state index >= 15 is 0 Å². The van der Waals surface area contributed by atoms with Gasteiger partial charge in [-0.1, -0.05) is 33.6 Å². The summed E-state index contributed by atoms with van der Waals surface area (Å²) in [4.78, 5) is 11.4. The van der Waals surface area contributed by atoms with E-state index < -0.39 is 0 Å². The highest BCUT2D eigenvalue weighted by Gasteiger charge is 2.12. The van der Waals surface area contributed by atoms with Gasteiger partial charge in [0, 0.05) is 6.61 Å². The normalized spacial score (nSPS) is 12.4. The summed E-state index contributed by atoms with van der Waals surface area (Å²) < 4.78 is 15.7. The van der Waals surface area contributed by atoms with Gasteiger partial charge in [-0.15, -0.1) is 0 Å². The van der Waals surface area contributed by atoms with Crippen molar-refractivity contribution >= 4 is 5.97 Å². The van der Waals surface area contributed by atoms with Gasteiger partial charge in [-0.25, -0.2) is 0 Å². The van der Waals surface area contributed by atoms with Crippen LogP contribution in [0.25, 0.3) is 0 Å². The maximum absolute atomic E-state index is 11.4. The summed E-state index contributed by atoms with van der Waals surface area (Å²) in [6, 6.07) is 0. The lowest BCUT2D eigenvalue weighted by Gasteiger charge is -2.10. The fourth-order valence-corrected chi connectivity index (χ4v) is 1.46. The van der Waals surface area contributed by atoms with Crippen molar-refractivity contribution in [1.82, 2.24) is 0 Å². The van der Waals surface area contributed by atoms with Gasteiger partial charge in [-0.2, -0.15) is 0 Å². The van der Waals surface area contributed by atoms with E-state index in [1.807, 2.05) is 6.92 Å². The largest absolute Gasteiger partial charge is 0.463 e. The van der Waals surface area contributed by atoms with Crippen LogP contribution >= 0.6 is 0 Å².